The number of hydrogen-bond donors (Lipinski definition) is 1. The van der Waals surface area contributed by atoms with E-state index in [4.69, 9.17) is 0 Å². The van der Waals surface area contributed by atoms with Gasteiger partial charge < -0.3 is 5.11 Å². The Morgan fingerprint density at radius 2 is 1.85 bits per heavy atom. The molecule has 2 heterocycles. The first-order chi connectivity index (χ1) is 12.6. The Balaban J connectivity index is 1.85. The average molecular weight is 347 g/mol. The van der Waals surface area contributed by atoms with Crippen molar-refractivity contribution < 1.29 is 14.3 Å². The summed E-state index contributed by atoms with van der Waals surface area (Å²) in [5.74, 6) is -0.833. The number of phenols is 1. The molecule has 0 aliphatic rings. The van der Waals surface area contributed by atoms with Crippen molar-refractivity contribution in [2.75, 3.05) is 0 Å². The smallest absolute Gasteiger partial charge is 0.198 e. The lowest BCUT2D eigenvalue weighted by Crippen LogP contribution is -2.04. The second kappa shape index (κ2) is 6.07. The molecule has 0 bridgehead atoms. The number of aryl methyl sites for hydroxylation is 1. The lowest BCUT2D eigenvalue weighted by Gasteiger charge is -2.05. The van der Waals surface area contributed by atoms with Crippen molar-refractivity contribution in [2.24, 2.45) is 0 Å². The van der Waals surface area contributed by atoms with E-state index >= 15 is 0 Å². The summed E-state index contributed by atoms with van der Waals surface area (Å²) in [6.45, 7) is 1.77. The van der Waals surface area contributed by atoms with Crippen LogP contribution in [-0.2, 0) is 0 Å². The minimum atomic E-state index is -0.409. The summed E-state index contributed by atoms with van der Waals surface area (Å²) in [5.41, 5.74) is 1.91. The van der Waals surface area contributed by atoms with E-state index in [1.807, 2.05) is 0 Å². The second-order valence-electron chi connectivity index (χ2n) is 5.89. The summed E-state index contributed by atoms with van der Waals surface area (Å²) in [6.07, 6.45) is 1.41. The molecule has 5 nitrogen and oxygen atoms in total. The third-order valence-corrected chi connectivity index (χ3v) is 4.20. The molecule has 0 saturated carbocycles. The van der Waals surface area contributed by atoms with Gasteiger partial charge in [0.25, 0.3) is 0 Å². The van der Waals surface area contributed by atoms with E-state index in [0.717, 1.165) is 0 Å². The molecule has 128 valence electrons. The highest BCUT2D eigenvalue weighted by atomic mass is 19.1. The number of ketones is 1. The molecule has 4 aromatic rings. The molecule has 0 radical (unpaired) electrons. The van der Waals surface area contributed by atoms with Gasteiger partial charge >= 0.3 is 0 Å². The number of rotatable bonds is 3. The fourth-order valence-electron chi connectivity index (χ4n) is 2.88. The lowest BCUT2D eigenvalue weighted by molar-refractivity contribution is 0.103. The number of aromatic hydroxyl groups is 1. The van der Waals surface area contributed by atoms with E-state index in [1.165, 1.54) is 23.0 Å². The maximum absolute atomic E-state index is 14.1. The zero-order valence-corrected chi connectivity index (χ0v) is 13.8. The Morgan fingerprint density at radius 3 is 2.62 bits per heavy atom. The topological polar surface area (TPSA) is 68.0 Å². The van der Waals surface area contributed by atoms with Crippen molar-refractivity contribution in [3.05, 3.63) is 83.4 Å². The highest BCUT2D eigenvalue weighted by Crippen LogP contribution is 2.25. The molecule has 2 aromatic heterocycles. The van der Waals surface area contributed by atoms with Gasteiger partial charge in [-0.05, 0) is 37.3 Å². The lowest BCUT2D eigenvalue weighted by atomic mass is 10.0. The highest BCUT2D eigenvalue weighted by Gasteiger charge is 2.18. The normalized spacial score (nSPS) is 11.0. The molecule has 2 aromatic carbocycles. The van der Waals surface area contributed by atoms with Crippen molar-refractivity contribution in [3.8, 4) is 11.4 Å². The van der Waals surface area contributed by atoms with Crippen LogP contribution in [0.4, 0.5) is 4.39 Å². The molecule has 0 amide bonds. The van der Waals surface area contributed by atoms with Crippen LogP contribution in [0.1, 0.15) is 21.6 Å². The maximum Gasteiger partial charge on any atom is 0.198 e. The van der Waals surface area contributed by atoms with Gasteiger partial charge in [0.2, 0.25) is 0 Å². The Morgan fingerprint density at radius 1 is 1.12 bits per heavy atom. The van der Waals surface area contributed by atoms with Crippen LogP contribution in [-0.4, -0.2) is 25.7 Å². The van der Waals surface area contributed by atoms with Crippen LogP contribution < -0.4 is 0 Å². The minimum absolute atomic E-state index is 0.0867. The van der Waals surface area contributed by atoms with Crippen molar-refractivity contribution in [1.82, 2.24) is 14.8 Å². The predicted molar refractivity (Wildman–Crippen MR) is 95.1 cm³/mol. The molecule has 26 heavy (non-hydrogen) atoms. The van der Waals surface area contributed by atoms with E-state index in [-0.39, 0.29) is 22.8 Å². The standard InChI is InChI=1S/C20H14FN3O2/c1-12-15-10-13(19(26)14-6-2-5-9-18(14)25)11-22-20(15)24(23-12)17-8-4-3-7-16(17)21/h2-11,25H,1H3. The number of hydrogen-bond acceptors (Lipinski definition) is 4. The Labute approximate surface area is 148 Å². The van der Waals surface area contributed by atoms with Crippen molar-refractivity contribution >= 4 is 16.8 Å². The number of pyridine rings is 1. The van der Waals surface area contributed by atoms with Gasteiger partial charge in [-0.3, -0.25) is 4.79 Å². The van der Waals surface area contributed by atoms with Crippen LogP contribution in [0.25, 0.3) is 16.7 Å². The highest BCUT2D eigenvalue weighted by molar-refractivity contribution is 6.11. The Bertz CT molecular complexity index is 1150. The first kappa shape index (κ1) is 16.0. The molecule has 0 unspecified atom stereocenters. The molecule has 0 atom stereocenters. The van der Waals surface area contributed by atoms with Crippen molar-refractivity contribution in [3.63, 3.8) is 0 Å². The molecular formula is C20H14FN3O2. The predicted octanol–water partition coefficient (Wildman–Crippen LogP) is 3.80. The van der Waals surface area contributed by atoms with Gasteiger partial charge in [0.05, 0.1) is 11.3 Å². The van der Waals surface area contributed by atoms with Gasteiger partial charge in [-0.2, -0.15) is 5.10 Å². The van der Waals surface area contributed by atoms with Gasteiger partial charge in [-0.15, -0.1) is 0 Å². The largest absolute Gasteiger partial charge is 0.507 e. The van der Waals surface area contributed by atoms with E-state index in [9.17, 15) is 14.3 Å². The summed E-state index contributed by atoms with van der Waals surface area (Å²) in [4.78, 5) is 17.0. The first-order valence-corrected chi connectivity index (χ1v) is 7.99. The van der Waals surface area contributed by atoms with Gasteiger partial charge in [-0.1, -0.05) is 24.3 Å². The van der Waals surface area contributed by atoms with Crippen LogP contribution in [0.3, 0.4) is 0 Å². The molecular weight excluding hydrogens is 333 g/mol. The molecule has 0 spiro atoms. The SMILES string of the molecule is Cc1nn(-c2ccccc2F)c2ncc(C(=O)c3ccccc3O)cc12. The summed E-state index contributed by atoms with van der Waals surface area (Å²) in [6, 6.07) is 14.3. The van der Waals surface area contributed by atoms with Crippen molar-refractivity contribution in [2.45, 2.75) is 6.92 Å². The van der Waals surface area contributed by atoms with Crippen LogP contribution in [0, 0.1) is 12.7 Å². The number of carbonyl (C=O) groups excluding carboxylic acids is 1. The molecule has 0 saturated heterocycles. The molecule has 0 fully saturated rings. The van der Waals surface area contributed by atoms with Gasteiger partial charge in [-0.25, -0.2) is 14.1 Å². The van der Waals surface area contributed by atoms with E-state index in [0.29, 0.717) is 22.3 Å². The van der Waals surface area contributed by atoms with Gasteiger partial charge in [0, 0.05) is 17.1 Å². The molecule has 6 heteroatoms. The van der Waals surface area contributed by atoms with Crippen LogP contribution in [0.5, 0.6) is 5.75 Å². The van der Waals surface area contributed by atoms with Crippen LogP contribution in [0.15, 0.2) is 60.8 Å². The maximum atomic E-state index is 14.1. The zero-order chi connectivity index (χ0) is 18.3. The zero-order valence-electron chi connectivity index (χ0n) is 13.8. The first-order valence-electron chi connectivity index (χ1n) is 7.99. The van der Waals surface area contributed by atoms with Crippen LogP contribution >= 0.6 is 0 Å². The monoisotopic (exact) mass is 347 g/mol. The number of benzene rings is 2. The number of fused-ring (bicyclic) bond motifs is 1. The van der Waals surface area contributed by atoms with E-state index < -0.39 is 5.82 Å². The molecule has 1 N–H and O–H groups in total. The fraction of sp³-hybridized carbons (Fsp3) is 0.0500. The number of para-hydroxylation sites is 2. The molecule has 0 aliphatic heterocycles. The number of phenolic OH excluding ortho intramolecular Hbond substituents is 1. The Hall–Kier alpha value is -3.54. The summed E-state index contributed by atoms with van der Waals surface area (Å²) < 4.78 is 15.5. The third kappa shape index (κ3) is 2.52. The quantitative estimate of drug-likeness (QED) is 0.572. The second-order valence-corrected chi connectivity index (χ2v) is 5.89. The van der Waals surface area contributed by atoms with Crippen molar-refractivity contribution in [1.29, 1.82) is 0 Å². The number of halogens is 1. The number of nitrogens with zero attached hydrogens (tertiary/aromatic N) is 3. The van der Waals surface area contributed by atoms with Gasteiger partial charge in [0.15, 0.2) is 11.4 Å². The summed E-state index contributed by atoms with van der Waals surface area (Å²) >= 11 is 0. The third-order valence-electron chi connectivity index (χ3n) is 4.20. The van der Waals surface area contributed by atoms with Crippen LogP contribution in [0.2, 0.25) is 0 Å². The Kier molecular flexibility index (Phi) is 3.73. The minimum Gasteiger partial charge on any atom is -0.507 e. The van der Waals surface area contributed by atoms with E-state index in [1.54, 1.807) is 49.4 Å². The summed E-state index contributed by atoms with van der Waals surface area (Å²) in [7, 11) is 0. The summed E-state index contributed by atoms with van der Waals surface area (Å²) in [5, 5.41) is 14.9. The number of aromatic nitrogens is 3. The van der Waals surface area contributed by atoms with Gasteiger partial charge in [0.1, 0.15) is 17.3 Å². The molecule has 4 rings (SSSR count). The average Bonchev–Trinajstić information content (AvgIpc) is 2.98. The van der Waals surface area contributed by atoms with E-state index in [2.05, 4.69) is 10.1 Å². The molecule has 0 aliphatic carbocycles. The number of carbonyl (C=O) groups is 1. The fourth-order valence-corrected chi connectivity index (χ4v) is 2.88.